The molecule has 1 aromatic heterocycles. The number of aliphatic hydroxyl groups is 1. The van der Waals surface area contributed by atoms with Crippen LogP contribution in [0.5, 0.6) is 11.5 Å². The molecular weight excluding hydrogens is 521 g/mol. The van der Waals surface area contributed by atoms with Crippen LogP contribution in [0.25, 0.3) is 11.0 Å². The number of furan rings is 1. The lowest BCUT2D eigenvalue weighted by atomic mass is 10.1. The maximum Gasteiger partial charge on any atom is 0.191 e. The van der Waals surface area contributed by atoms with Crippen LogP contribution < -0.4 is 20.1 Å². The quantitative estimate of drug-likeness (QED) is 0.200. The Kier molecular flexibility index (Phi) is 10.1. The standard InChI is InChI=1S/C24H31N3O4.HI/c1-5-25-24(26-15-20(28)17-10-12-19(29-4)13-11-17)27-16(3)22-14-18-8-7-9-21(30-6-2)23(18)31-22;/h7-14,16,20,28H,5-6,15H2,1-4H3,(H2,25,26,27);1H. The lowest BCUT2D eigenvalue weighted by Gasteiger charge is -2.17. The molecule has 0 saturated carbocycles. The van der Waals surface area contributed by atoms with Crippen LogP contribution in [-0.2, 0) is 0 Å². The van der Waals surface area contributed by atoms with Crippen LogP contribution in [0.2, 0.25) is 0 Å². The number of nitrogens with one attached hydrogen (secondary N) is 2. The minimum atomic E-state index is -0.711. The average molecular weight is 553 g/mol. The van der Waals surface area contributed by atoms with Crippen LogP contribution in [0.3, 0.4) is 0 Å². The van der Waals surface area contributed by atoms with Crippen molar-refractivity contribution in [1.82, 2.24) is 10.6 Å². The second-order valence-corrected chi connectivity index (χ2v) is 7.13. The third kappa shape index (κ3) is 6.52. The maximum absolute atomic E-state index is 10.5. The molecule has 0 bridgehead atoms. The van der Waals surface area contributed by atoms with Gasteiger partial charge in [0.2, 0.25) is 0 Å². The number of para-hydroxylation sites is 1. The van der Waals surface area contributed by atoms with Crippen molar-refractivity contribution in [2.75, 3.05) is 26.8 Å². The first-order valence-corrected chi connectivity index (χ1v) is 10.6. The summed E-state index contributed by atoms with van der Waals surface area (Å²) in [6, 6.07) is 15.1. The Bertz CT molecular complexity index is 1000. The third-order valence-corrected chi connectivity index (χ3v) is 4.87. The molecule has 2 atom stereocenters. The Morgan fingerprint density at radius 1 is 1.16 bits per heavy atom. The molecule has 2 unspecified atom stereocenters. The Morgan fingerprint density at radius 2 is 1.91 bits per heavy atom. The number of methoxy groups -OCH3 is 1. The van der Waals surface area contributed by atoms with Crippen molar-refractivity contribution in [2.45, 2.75) is 32.9 Å². The Morgan fingerprint density at radius 3 is 2.56 bits per heavy atom. The van der Waals surface area contributed by atoms with Crippen molar-refractivity contribution < 1.29 is 19.0 Å². The van der Waals surface area contributed by atoms with E-state index in [1.807, 2.05) is 69.3 Å². The van der Waals surface area contributed by atoms with E-state index >= 15 is 0 Å². The van der Waals surface area contributed by atoms with Gasteiger partial charge in [0.15, 0.2) is 17.3 Å². The number of aliphatic imine (C=N–C) groups is 1. The number of benzene rings is 2. The summed E-state index contributed by atoms with van der Waals surface area (Å²) >= 11 is 0. The molecule has 0 aliphatic heterocycles. The average Bonchev–Trinajstić information content (AvgIpc) is 3.23. The molecule has 7 nitrogen and oxygen atoms in total. The SMILES string of the molecule is CCNC(=NCC(O)c1ccc(OC)cc1)NC(C)c1cc2cccc(OCC)c2o1.I. The number of halogens is 1. The summed E-state index contributed by atoms with van der Waals surface area (Å²) in [6.07, 6.45) is -0.711. The molecule has 174 valence electrons. The fourth-order valence-electron chi connectivity index (χ4n) is 3.24. The van der Waals surface area contributed by atoms with Crippen molar-refractivity contribution >= 4 is 40.9 Å². The van der Waals surface area contributed by atoms with E-state index in [2.05, 4.69) is 15.6 Å². The Hall–Kier alpha value is -2.46. The summed E-state index contributed by atoms with van der Waals surface area (Å²) in [6.45, 7) is 7.46. The minimum absolute atomic E-state index is 0. The Balaban J connectivity index is 0.00000363. The van der Waals surface area contributed by atoms with Crippen molar-refractivity contribution in [3.05, 3.63) is 59.9 Å². The number of fused-ring (bicyclic) bond motifs is 1. The summed E-state index contributed by atoms with van der Waals surface area (Å²) in [5, 5.41) is 18.0. The zero-order chi connectivity index (χ0) is 22.2. The molecule has 0 aliphatic carbocycles. The van der Waals surface area contributed by atoms with Crippen LogP contribution in [-0.4, -0.2) is 37.9 Å². The van der Waals surface area contributed by atoms with E-state index in [1.54, 1.807) is 7.11 Å². The summed E-state index contributed by atoms with van der Waals surface area (Å²) < 4.78 is 16.9. The van der Waals surface area contributed by atoms with Gasteiger partial charge >= 0.3 is 0 Å². The fourth-order valence-corrected chi connectivity index (χ4v) is 3.24. The van der Waals surface area contributed by atoms with Crippen LogP contribution in [0, 0.1) is 0 Å². The summed E-state index contributed by atoms with van der Waals surface area (Å²) in [5.74, 6) is 2.87. The first-order valence-electron chi connectivity index (χ1n) is 10.6. The zero-order valence-corrected chi connectivity index (χ0v) is 21.3. The molecule has 0 aliphatic rings. The van der Waals surface area contributed by atoms with Gasteiger partial charge < -0.3 is 29.6 Å². The zero-order valence-electron chi connectivity index (χ0n) is 18.9. The van der Waals surface area contributed by atoms with Gasteiger partial charge in [-0.3, -0.25) is 4.99 Å². The van der Waals surface area contributed by atoms with Gasteiger partial charge in [-0.1, -0.05) is 24.3 Å². The van der Waals surface area contributed by atoms with Gasteiger partial charge in [-0.15, -0.1) is 24.0 Å². The van der Waals surface area contributed by atoms with Gasteiger partial charge in [0, 0.05) is 11.9 Å². The number of hydrogen-bond donors (Lipinski definition) is 3. The molecule has 0 spiro atoms. The van der Waals surface area contributed by atoms with Crippen LogP contribution >= 0.6 is 24.0 Å². The number of ether oxygens (including phenoxy) is 2. The normalized spacial score (nSPS) is 13.2. The van der Waals surface area contributed by atoms with Crippen molar-refractivity contribution in [1.29, 1.82) is 0 Å². The highest BCUT2D eigenvalue weighted by atomic mass is 127. The van der Waals surface area contributed by atoms with Gasteiger partial charge in [0.1, 0.15) is 11.5 Å². The smallest absolute Gasteiger partial charge is 0.191 e. The second-order valence-electron chi connectivity index (χ2n) is 7.13. The predicted octanol–water partition coefficient (Wildman–Crippen LogP) is 4.81. The molecule has 8 heteroatoms. The molecule has 3 rings (SSSR count). The first-order chi connectivity index (χ1) is 15.0. The third-order valence-electron chi connectivity index (χ3n) is 4.87. The topological polar surface area (TPSA) is 88.3 Å². The van der Waals surface area contributed by atoms with Gasteiger partial charge in [-0.2, -0.15) is 0 Å². The highest BCUT2D eigenvalue weighted by molar-refractivity contribution is 14.0. The second kappa shape index (κ2) is 12.5. The summed E-state index contributed by atoms with van der Waals surface area (Å²) in [7, 11) is 1.62. The van der Waals surface area contributed by atoms with E-state index in [0.717, 1.165) is 33.8 Å². The number of rotatable bonds is 9. The van der Waals surface area contributed by atoms with Gasteiger partial charge in [-0.25, -0.2) is 0 Å². The first kappa shape index (κ1) is 25.8. The highest BCUT2D eigenvalue weighted by Crippen LogP contribution is 2.31. The molecule has 3 aromatic rings. The van der Waals surface area contributed by atoms with Crippen LogP contribution in [0.4, 0.5) is 0 Å². The predicted molar refractivity (Wildman–Crippen MR) is 138 cm³/mol. The van der Waals surface area contributed by atoms with Crippen molar-refractivity contribution in [2.24, 2.45) is 4.99 Å². The lowest BCUT2D eigenvalue weighted by molar-refractivity contribution is 0.187. The largest absolute Gasteiger partial charge is 0.497 e. The molecule has 32 heavy (non-hydrogen) atoms. The molecular formula is C24H32IN3O4. The van der Waals surface area contributed by atoms with E-state index in [0.29, 0.717) is 19.1 Å². The monoisotopic (exact) mass is 553 g/mol. The molecule has 3 N–H and O–H groups in total. The fraction of sp³-hybridized carbons (Fsp3) is 0.375. The molecule has 0 amide bonds. The number of nitrogens with zero attached hydrogens (tertiary/aromatic N) is 1. The molecule has 0 fully saturated rings. The van der Waals surface area contributed by atoms with Gasteiger partial charge in [-0.05, 0) is 50.6 Å². The van der Waals surface area contributed by atoms with Crippen molar-refractivity contribution in [3.63, 3.8) is 0 Å². The van der Waals surface area contributed by atoms with Crippen molar-refractivity contribution in [3.8, 4) is 11.5 Å². The molecule has 0 radical (unpaired) electrons. The summed E-state index contributed by atoms with van der Waals surface area (Å²) in [4.78, 5) is 4.55. The van der Waals surface area contributed by atoms with Gasteiger partial charge in [0.05, 0.1) is 32.4 Å². The van der Waals surface area contributed by atoms with E-state index in [-0.39, 0.29) is 36.6 Å². The summed E-state index contributed by atoms with van der Waals surface area (Å²) in [5.41, 5.74) is 1.53. The number of aliphatic hydroxyl groups excluding tert-OH is 1. The molecule has 0 saturated heterocycles. The molecule has 1 heterocycles. The van der Waals surface area contributed by atoms with Crippen LogP contribution in [0.15, 0.2) is 57.9 Å². The number of hydrogen-bond acceptors (Lipinski definition) is 5. The van der Waals surface area contributed by atoms with E-state index < -0.39 is 6.10 Å². The van der Waals surface area contributed by atoms with Crippen LogP contribution in [0.1, 0.15) is 44.2 Å². The maximum atomic E-state index is 10.5. The molecule has 2 aromatic carbocycles. The Labute approximate surface area is 206 Å². The van der Waals surface area contributed by atoms with E-state index in [1.165, 1.54) is 0 Å². The van der Waals surface area contributed by atoms with Gasteiger partial charge in [0.25, 0.3) is 0 Å². The van der Waals surface area contributed by atoms with E-state index in [9.17, 15) is 5.11 Å². The lowest BCUT2D eigenvalue weighted by Crippen LogP contribution is -2.39. The highest BCUT2D eigenvalue weighted by Gasteiger charge is 2.16. The number of guanidine groups is 1. The minimum Gasteiger partial charge on any atom is -0.497 e. The van der Waals surface area contributed by atoms with E-state index in [4.69, 9.17) is 13.9 Å².